The molecule has 0 bridgehead atoms. The second-order valence-electron chi connectivity index (χ2n) is 4.74. The average Bonchev–Trinajstić information content (AvgIpc) is 2.45. The van der Waals surface area contributed by atoms with E-state index < -0.39 is 11.9 Å². The molecule has 1 atom stereocenters. The molecule has 1 unspecified atom stereocenters. The number of ether oxygens (including phenoxy) is 1. The van der Waals surface area contributed by atoms with Crippen LogP contribution in [0, 0.1) is 6.92 Å². The van der Waals surface area contributed by atoms with Crippen LogP contribution in [0.3, 0.4) is 0 Å². The lowest BCUT2D eigenvalue weighted by atomic mass is 10.0. The molecular formula is C16H17BrN2O2. The molecule has 0 aliphatic carbocycles. The van der Waals surface area contributed by atoms with E-state index in [1.807, 2.05) is 49.4 Å². The summed E-state index contributed by atoms with van der Waals surface area (Å²) in [6.07, 6.45) is 0. The number of primary amides is 1. The molecule has 0 spiro atoms. The van der Waals surface area contributed by atoms with E-state index in [1.165, 1.54) is 0 Å². The van der Waals surface area contributed by atoms with Crippen molar-refractivity contribution in [2.24, 2.45) is 5.73 Å². The molecule has 2 rings (SSSR count). The van der Waals surface area contributed by atoms with Gasteiger partial charge in [-0.05, 0) is 36.2 Å². The van der Waals surface area contributed by atoms with E-state index in [0.29, 0.717) is 5.75 Å². The normalized spacial score (nSPS) is 11.8. The Morgan fingerprint density at radius 2 is 2.05 bits per heavy atom. The van der Waals surface area contributed by atoms with Crippen LogP contribution in [0.25, 0.3) is 0 Å². The summed E-state index contributed by atoms with van der Waals surface area (Å²) >= 11 is 3.49. The summed E-state index contributed by atoms with van der Waals surface area (Å²) < 4.78 is 6.03. The number of carbonyl (C=O) groups excluding carboxylic acids is 1. The highest BCUT2D eigenvalue weighted by molar-refractivity contribution is 9.10. The summed E-state index contributed by atoms with van der Waals surface area (Å²) in [5, 5.41) is 3.15. The van der Waals surface area contributed by atoms with E-state index >= 15 is 0 Å². The van der Waals surface area contributed by atoms with Crippen molar-refractivity contribution in [3.05, 3.63) is 58.1 Å². The minimum atomic E-state index is -0.618. The minimum Gasteiger partial charge on any atom is -0.497 e. The highest BCUT2D eigenvalue weighted by Crippen LogP contribution is 2.28. The van der Waals surface area contributed by atoms with Crippen LogP contribution >= 0.6 is 15.9 Å². The maximum absolute atomic E-state index is 11.8. The van der Waals surface area contributed by atoms with Gasteiger partial charge in [0.05, 0.1) is 7.11 Å². The molecule has 4 nitrogen and oxygen atoms in total. The van der Waals surface area contributed by atoms with Gasteiger partial charge in [0.25, 0.3) is 0 Å². The van der Waals surface area contributed by atoms with E-state index in [2.05, 4.69) is 21.2 Å². The lowest BCUT2D eigenvalue weighted by Gasteiger charge is -2.19. The zero-order valence-corrected chi connectivity index (χ0v) is 13.5. The van der Waals surface area contributed by atoms with E-state index in [-0.39, 0.29) is 0 Å². The Morgan fingerprint density at radius 3 is 2.67 bits per heavy atom. The smallest absolute Gasteiger partial charge is 0.244 e. The van der Waals surface area contributed by atoms with Gasteiger partial charge in [0.1, 0.15) is 11.8 Å². The molecule has 2 aromatic carbocycles. The molecule has 0 heterocycles. The number of methoxy groups -OCH3 is 1. The van der Waals surface area contributed by atoms with Crippen LogP contribution in [0.15, 0.2) is 46.9 Å². The number of hydrogen-bond acceptors (Lipinski definition) is 3. The third-order valence-corrected chi connectivity index (χ3v) is 3.82. The number of nitrogens with one attached hydrogen (secondary N) is 1. The molecule has 0 radical (unpaired) electrons. The van der Waals surface area contributed by atoms with Crippen molar-refractivity contribution in [2.45, 2.75) is 13.0 Å². The zero-order valence-electron chi connectivity index (χ0n) is 11.9. The average molecular weight is 349 g/mol. The standard InChI is InChI=1S/C16H17BrN2O2/c1-10-6-7-13(14(17)8-10)15(16(18)20)19-11-4-3-5-12(9-11)21-2/h3-9,15,19H,1-2H3,(H2,18,20). The molecule has 1 amide bonds. The largest absolute Gasteiger partial charge is 0.497 e. The number of benzene rings is 2. The Balaban J connectivity index is 2.33. The van der Waals surface area contributed by atoms with E-state index in [0.717, 1.165) is 21.3 Å². The first-order chi connectivity index (χ1) is 10.0. The number of anilines is 1. The molecular weight excluding hydrogens is 332 g/mol. The summed E-state index contributed by atoms with van der Waals surface area (Å²) in [5.41, 5.74) is 8.22. The summed E-state index contributed by atoms with van der Waals surface area (Å²) in [4.78, 5) is 11.8. The predicted molar refractivity (Wildman–Crippen MR) is 87.4 cm³/mol. The quantitative estimate of drug-likeness (QED) is 0.870. The highest BCUT2D eigenvalue weighted by atomic mass is 79.9. The molecule has 0 fully saturated rings. The van der Waals surface area contributed by atoms with Gasteiger partial charge in [-0.2, -0.15) is 0 Å². The molecule has 5 heteroatoms. The van der Waals surface area contributed by atoms with Gasteiger partial charge in [-0.25, -0.2) is 0 Å². The van der Waals surface area contributed by atoms with Crippen LogP contribution in [-0.2, 0) is 4.79 Å². The van der Waals surface area contributed by atoms with Gasteiger partial charge in [-0.3, -0.25) is 4.79 Å². The molecule has 0 aliphatic rings. The van der Waals surface area contributed by atoms with Crippen LogP contribution in [0.5, 0.6) is 5.75 Å². The van der Waals surface area contributed by atoms with Crippen LogP contribution in [0.4, 0.5) is 5.69 Å². The second kappa shape index (κ2) is 6.63. The summed E-state index contributed by atoms with van der Waals surface area (Å²) in [6.45, 7) is 1.99. The Morgan fingerprint density at radius 1 is 1.29 bits per heavy atom. The summed E-state index contributed by atoms with van der Waals surface area (Å²) in [6, 6.07) is 12.5. The van der Waals surface area contributed by atoms with Crippen molar-refractivity contribution >= 4 is 27.5 Å². The van der Waals surface area contributed by atoms with Gasteiger partial charge in [0.15, 0.2) is 0 Å². The first-order valence-corrected chi connectivity index (χ1v) is 7.26. The van der Waals surface area contributed by atoms with Gasteiger partial charge in [0, 0.05) is 16.2 Å². The number of hydrogen-bond donors (Lipinski definition) is 2. The first kappa shape index (κ1) is 15.4. The maximum atomic E-state index is 11.8. The fraction of sp³-hybridized carbons (Fsp3) is 0.188. The number of rotatable bonds is 5. The van der Waals surface area contributed by atoms with E-state index in [9.17, 15) is 4.79 Å². The Labute approximate surface area is 132 Å². The predicted octanol–water partition coefficient (Wildman–Crippen LogP) is 3.40. The monoisotopic (exact) mass is 348 g/mol. The number of nitrogens with two attached hydrogens (primary N) is 1. The molecule has 0 saturated carbocycles. The minimum absolute atomic E-state index is 0.442. The fourth-order valence-corrected chi connectivity index (χ4v) is 2.77. The molecule has 2 aromatic rings. The molecule has 3 N–H and O–H groups in total. The van der Waals surface area contributed by atoms with Crippen molar-refractivity contribution in [3.63, 3.8) is 0 Å². The van der Waals surface area contributed by atoms with Gasteiger partial charge in [0.2, 0.25) is 5.91 Å². The molecule has 110 valence electrons. The van der Waals surface area contributed by atoms with E-state index in [1.54, 1.807) is 7.11 Å². The van der Waals surface area contributed by atoms with Crippen molar-refractivity contribution < 1.29 is 9.53 Å². The number of aryl methyl sites for hydroxylation is 1. The number of carbonyl (C=O) groups is 1. The third-order valence-electron chi connectivity index (χ3n) is 3.13. The van der Waals surface area contributed by atoms with Crippen LogP contribution in [-0.4, -0.2) is 13.0 Å². The Kier molecular flexibility index (Phi) is 4.85. The highest BCUT2D eigenvalue weighted by Gasteiger charge is 2.20. The lowest BCUT2D eigenvalue weighted by molar-refractivity contribution is -0.118. The van der Waals surface area contributed by atoms with Gasteiger partial charge >= 0.3 is 0 Å². The van der Waals surface area contributed by atoms with Crippen LogP contribution in [0.1, 0.15) is 17.2 Å². The maximum Gasteiger partial charge on any atom is 0.244 e. The van der Waals surface area contributed by atoms with Gasteiger partial charge in [-0.1, -0.05) is 34.1 Å². The van der Waals surface area contributed by atoms with Gasteiger partial charge < -0.3 is 15.8 Å². The Hall–Kier alpha value is -2.01. The number of amides is 1. The SMILES string of the molecule is COc1cccc(NC(C(N)=O)c2ccc(C)cc2Br)c1. The van der Waals surface area contributed by atoms with Crippen molar-refractivity contribution in [1.82, 2.24) is 0 Å². The molecule has 0 saturated heterocycles. The fourth-order valence-electron chi connectivity index (χ4n) is 2.05. The first-order valence-electron chi connectivity index (χ1n) is 6.47. The molecule has 0 aliphatic heterocycles. The molecule has 0 aromatic heterocycles. The van der Waals surface area contributed by atoms with Crippen molar-refractivity contribution in [1.29, 1.82) is 0 Å². The third kappa shape index (κ3) is 3.76. The zero-order chi connectivity index (χ0) is 15.4. The van der Waals surface area contributed by atoms with Crippen molar-refractivity contribution in [2.75, 3.05) is 12.4 Å². The lowest BCUT2D eigenvalue weighted by Crippen LogP contribution is -2.28. The number of halogens is 1. The molecule has 21 heavy (non-hydrogen) atoms. The van der Waals surface area contributed by atoms with Gasteiger partial charge in [-0.15, -0.1) is 0 Å². The topological polar surface area (TPSA) is 64.3 Å². The van der Waals surface area contributed by atoms with Crippen LogP contribution < -0.4 is 15.8 Å². The van der Waals surface area contributed by atoms with Crippen molar-refractivity contribution in [3.8, 4) is 5.75 Å². The summed E-state index contributed by atoms with van der Waals surface area (Å²) in [7, 11) is 1.60. The van der Waals surface area contributed by atoms with E-state index in [4.69, 9.17) is 10.5 Å². The Bertz CT molecular complexity index is 658. The summed E-state index contributed by atoms with van der Waals surface area (Å²) in [5.74, 6) is 0.272. The second-order valence-corrected chi connectivity index (χ2v) is 5.59. The van der Waals surface area contributed by atoms with Crippen LogP contribution in [0.2, 0.25) is 0 Å².